The molecule has 0 fully saturated rings. The second-order valence-corrected chi connectivity index (χ2v) is 4.09. The molecule has 0 spiro atoms. The fourth-order valence-electron chi connectivity index (χ4n) is 1.92. The summed E-state index contributed by atoms with van der Waals surface area (Å²) < 4.78 is 2.00. The lowest BCUT2D eigenvalue weighted by Crippen LogP contribution is -2.08. The minimum atomic E-state index is -0.633. The number of rotatable bonds is 4. The molecular weight excluding hydrogens is 226 g/mol. The standard InChI is InChI=1S/C14H15N3O/c1-2-17-7-6-16-14(17)9-13(18)12-5-3-4-11(8-12)10-15/h3-8,13,18H,2,9H2,1H3. The van der Waals surface area contributed by atoms with E-state index in [1.54, 1.807) is 24.4 Å². The summed E-state index contributed by atoms with van der Waals surface area (Å²) in [5.41, 5.74) is 1.31. The van der Waals surface area contributed by atoms with Gasteiger partial charge in [-0.2, -0.15) is 5.26 Å². The Kier molecular flexibility index (Phi) is 3.75. The van der Waals surface area contributed by atoms with Crippen LogP contribution >= 0.6 is 0 Å². The number of nitrogens with zero attached hydrogens (tertiary/aromatic N) is 3. The van der Waals surface area contributed by atoms with Crippen molar-refractivity contribution in [2.45, 2.75) is 26.0 Å². The van der Waals surface area contributed by atoms with Crippen molar-refractivity contribution in [1.29, 1.82) is 5.26 Å². The first-order valence-electron chi connectivity index (χ1n) is 5.92. The van der Waals surface area contributed by atoms with Crippen molar-refractivity contribution in [3.05, 3.63) is 53.6 Å². The van der Waals surface area contributed by atoms with Gasteiger partial charge in [0.25, 0.3) is 0 Å². The van der Waals surface area contributed by atoms with Gasteiger partial charge in [-0.1, -0.05) is 12.1 Å². The van der Waals surface area contributed by atoms with Crippen molar-refractivity contribution in [1.82, 2.24) is 9.55 Å². The van der Waals surface area contributed by atoms with Gasteiger partial charge in [0.05, 0.1) is 17.7 Å². The smallest absolute Gasteiger partial charge is 0.111 e. The molecule has 1 aromatic carbocycles. The molecule has 1 unspecified atom stereocenters. The summed E-state index contributed by atoms with van der Waals surface area (Å²) in [6.45, 7) is 2.87. The second-order valence-electron chi connectivity index (χ2n) is 4.09. The summed E-state index contributed by atoms with van der Waals surface area (Å²) in [7, 11) is 0. The van der Waals surface area contributed by atoms with Crippen molar-refractivity contribution in [3.63, 3.8) is 0 Å². The third kappa shape index (κ3) is 2.58. The zero-order valence-corrected chi connectivity index (χ0v) is 10.2. The topological polar surface area (TPSA) is 61.8 Å². The van der Waals surface area contributed by atoms with Crippen LogP contribution in [0.4, 0.5) is 0 Å². The Labute approximate surface area is 106 Å². The average molecular weight is 241 g/mol. The third-order valence-corrected chi connectivity index (χ3v) is 2.92. The van der Waals surface area contributed by atoms with Crippen LogP contribution in [0.2, 0.25) is 0 Å². The Bertz CT molecular complexity index is 568. The molecule has 1 heterocycles. The van der Waals surface area contributed by atoms with Gasteiger partial charge >= 0.3 is 0 Å². The molecule has 0 saturated heterocycles. The fourth-order valence-corrected chi connectivity index (χ4v) is 1.92. The summed E-state index contributed by atoms with van der Waals surface area (Å²) in [6, 6.07) is 9.11. The van der Waals surface area contributed by atoms with E-state index in [-0.39, 0.29) is 0 Å². The Morgan fingerprint density at radius 2 is 2.33 bits per heavy atom. The van der Waals surface area contributed by atoms with E-state index in [1.807, 2.05) is 23.8 Å². The van der Waals surface area contributed by atoms with E-state index in [9.17, 15) is 5.11 Å². The molecule has 1 atom stereocenters. The molecule has 0 bridgehead atoms. The molecule has 0 aliphatic carbocycles. The maximum atomic E-state index is 10.2. The highest BCUT2D eigenvalue weighted by molar-refractivity contribution is 5.33. The lowest BCUT2D eigenvalue weighted by Gasteiger charge is -2.12. The molecule has 1 N–H and O–H groups in total. The zero-order valence-electron chi connectivity index (χ0n) is 10.2. The Morgan fingerprint density at radius 3 is 3.06 bits per heavy atom. The van der Waals surface area contributed by atoms with Crippen LogP contribution in [0.1, 0.15) is 30.0 Å². The Hall–Kier alpha value is -2.12. The molecule has 0 aliphatic heterocycles. The minimum absolute atomic E-state index is 0.454. The monoisotopic (exact) mass is 241 g/mol. The highest BCUT2D eigenvalue weighted by Gasteiger charge is 2.12. The lowest BCUT2D eigenvalue weighted by atomic mass is 10.0. The van der Waals surface area contributed by atoms with E-state index in [2.05, 4.69) is 11.1 Å². The summed E-state index contributed by atoms with van der Waals surface area (Å²) in [5, 5.41) is 19.0. The van der Waals surface area contributed by atoms with Gasteiger partial charge in [-0.15, -0.1) is 0 Å². The number of aryl methyl sites for hydroxylation is 1. The molecular formula is C14H15N3O. The van der Waals surface area contributed by atoms with Crippen LogP contribution in [0.15, 0.2) is 36.7 Å². The van der Waals surface area contributed by atoms with E-state index < -0.39 is 6.10 Å². The van der Waals surface area contributed by atoms with Gasteiger partial charge in [0.15, 0.2) is 0 Å². The van der Waals surface area contributed by atoms with Crippen molar-refractivity contribution in [2.75, 3.05) is 0 Å². The van der Waals surface area contributed by atoms with Crippen molar-refractivity contribution >= 4 is 0 Å². The average Bonchev–Trinajstić information content (AvgIpc) is 2.86. The molecule has 18 heavy (non-hydrogen) atoms. The van der Waals surface area contributed by atoms with Crippen LogP contribution in [0.25, 0.3) is 0 Å². The van der Waals surface area contributed by atoms with Gasteiger partial charge in [-0.3, -0.25) is 0 Å². The quantitative estimate of drug-likeness (QED) is 0.891. The number of nitriles is 1. The molecule has 0 radical (unpaired) electrons. The van der Waals surface area contributed by atoms with Gasteiger partial charge in [-0.05, 0) is 24.6 Å². The molecule has 2 aromatic rings. The van der Waals surface area contributed by atoms with Crippen LogP contribution in [-0.4, -0.2) is 14.7 Å². The third-order valence-electron chi connectivity index (χ3n) is 2.92. The van der Waals surface area contributed by atoms with Gasteiger partial charge in [0.2, 0.25) is 0 Å². The first kappa shape index (κ1) is 12.3. The van der Waals surface area contributed by atoms with E-state index in [0.29, 0.717) is 12.0 Å². The number of imidazole rings is 1. The van der Waals surface area contributed by atoms with Gasteiger partial charge in [0.1, 0.15) is 5.82 Å². The molecule has 92 valence electrons. The van der Waals surface area contributed by atoms with Crippen LogP contribution in [0, 0.1) is 11.3 Å². The van der Waals surface area contributed by atoms with E-state index in [4.69, 9.17) is 5.26 Å². The van der Waals surface area contributed by atoms with E-state index >= 15 is 0 Å². The first-order chi connectivity index (χ1) is 8.74. The fraction of sp³-hybridized carbons (Fsp3) is 0.286. The molecule has 2 rings (SSSR count). The van der Waals surface area contributed by atoms with Crippen LogP contribution < -0.4 is 0 Å². The molecule has 0 saturated carbocycles. The molecule has 0 aliphatic rings. The summed E-state index contributed by atoms with van der Waals surface area (Å²) in [5.74, 6) is 0.854. The Morgan fingerprint density at radius 1 is 1.50 bits per heavy atom. The zero-order chi connectivity index (χ0) is 13.0. The Balaban J connectivity index is 2.17. The van der Waals surface area contributed by atoms with E-state index in [1.165, 1.54) is 0 Å². The highest BCUT2D eigenvalue weighted by atomic mass is 16.3. The lowest BCUT2D eigenvalue weighted by molar-refractivity contribution is 0.174. The largest absolute Gasteiger partial charge is 0.388 e. The summed E-state index contributed by atoms with van der Waals surface area (Å²) in [4.78, 5) is 4.23. The normalized spacial score (nSPS) is 12.1. The van der Waals surface area contributed by atoms with Crippen molar-refractivity contribution in [2.24, 2.45) is 0 Å². The first-order valence-corrected chi connectivity index (χ1v) is 5.92. The number of benzene rings is 1. The maximum Gasteiger partial charge on any atom is 0.111 e. The maximum absolute atomic E-state index is 10.2. The number of hydrogen-bond acceptors (Lipinski definition) is 3. The SMILES string of the molecule is CCn1ccnc1CC(O)c1cccc(C#N)c1. The molecule has 0 amide bonds. The summed E-state index contributed by atoms with van der Waals surface area (Å²) in [6.07, 6.45) is 3.45. The van der Waals surface area contributed by atoms with Crippen molar-refractivity contribution < 1.29 is 5.11 Å². The minimum Gasteiger partial charge on any atom is -0.388 e. The molecule has 4 heteroatoms. The van der Waals surface area contributed by atoms with Gasteiger partial charge in [0, 0.05) is 25.4 Å². The molecule has 4 nitrogen and oxygen atoms in total. The highest BCUT2D eigenvalue weighted by Crippen LogP contribution is 2.18. The van der Waals surface area contributed by atoms with Crippen LogP contribution in [-0.2, 0) is 13.0 Å². The number of hydrogen-bond donors (Lipinski definition) is 1. The second kappa shape index (κ2) is 5.48. The van der Waals surface area contributed by atoms with Gasteiger partial charge in [-0.25, -0.2) is 4.98 Å². The predicted molar refractivity (Wildman–Crippen MR) is 67.7 cm³/mol. The van der Waals surface area contributed by atoms with Crippen molar-refractivity contribution in [3.8, 4) is 6.07 Å². The molecule has 1 aromatic heterocycles. The number of aromatic nitrogens is 2. The summed E-state index contributed by atoms with van der Waals surface area (Å²) >= 11 is 0. The van der Waals surface area contributed by atoms with Gasteiger partial charge < -0.3 is 9.67 Å². The number of aliphatic hydroxyl groups is 1. The van der Waals surface area contributed by atoms with Crippen LogP contribution in [0.3, 0.4) is 0 Å². The number of aliphatic hydroxyl groups excluding tert-OH is 1. The predicted octanol–water partition coefficient (Wildman–Crippen LogP) is 2.05. The van der Waals surface area contributed by atoms with Crippen LogP contribution in [0.5, 0.6) is 0 Å². The van der Waals surface area contributed by atoms with E-state index in [0.717, 1.165) is 17.9 Å².